The van der Waals surface area contributed by atoms with Crippen molar-refractivity contribution in [3.63, 3.8) is 0 Å². The van der Waals surface area contributed by atoms with Gasteiger partial charge in [-0.1, -0.05) is 78.0 Å². The van der Waals surface area contributed by atoms with Crippen LogP contribution in [0.15, 0.2) is 88.9 Å². The highest BCUT2D eigenvalue weighted by Gasteiger charge is 2.33. The first-order valence-electron chi connectivity index (χ1n) is 9.35. The van der Waals surface area contributed by atoms with E-state index in [0.717, 1.165) is 16.8 Å². The fraction of sp³-hybridized carbons (Fsp3) is 0. The summed E-state index contributed by atoms with van der Waals surface area (Å²) in [5.74, 6) is -1.31. The van der Waals surface area contributed by atoms with E-state index in [-0.39, 0.29) is 21.2 Å². The molecule has 0 aliphatic carbocycles. The van der Waals surface area contributed by atoms with E-state index in [1.807, 2.05) is 30.3 Å². The van der Waals surface area contributed by atoms with Crippen LogP contribution in [0.5, 0.6) is 0 Å². The average molecular weight is 464 g/mol. The molecule has 32 heavy (non-hydrogen) atoms. The summed E-state index contributed by atoms with van der Waals surface area (Å²) in [5, 5.41) is 16.8. The maximum Gasteiger partial charge on any atom is 0.288 e. The lowest BCUT2D eigenvalue weighted by Crippen LogP contribution is -2.36. The summed E-state index contributed by atoms with van der Waals surface area (Å²) < 4.78 is 0. The molecule has 9 heteroatoms. The largest absolute Gasteiger partial charge is 0.288 e. The lowest BCUT2D eigenvalue weighted by Gasteiger charge is -2.24. The number of rotatable bonds is 4. The van der Waals surface area contributed by atoms with Crippen molar-refractivity contribution in [3.8, 4) is 0 Å². The standard InChI is InChI=1S/C23H14ClN3O4S/c24-19-12-5-4-11-18(19)22(28)26-23(29)20(14-15-7-6-10-17(13-15)27(30)31)32-21(25-26)16-8-2-1-3-9-16/h1-14H/b20-14-. The second-order valence-electron chi connectivity index (χ2n) is 6.64. The number of hydrazone groups is 1. The van der Waals surface area contributed by atoms with E-state index in [1.165, 1.54) is 30.3 Å². The summed E-state index contributed by atoms with van der Waals surface area (Å²) in [5.41, 5.74) is 1.20. The summed E-state index contributed by atoms with van der Waals surface area (Å²) in [7, 11) is 0. The summed E-state index contributed by atoms with van der Waals surface area (Å²) >= 11 is 7.25. The number of nitro groups is 1. The number of non-ortho nitro benzene ring substituents is 1. The molecule has 0 fully saturated rings. The molecule has 0 radical (unpaired) electrons. The van der Waals surface area contributed by atoms with Gasteiger partial charge in [0.2, 0.25) is 0 Å². The van der Waals surface area contributed by atoms with Crippen molar-refractivity contribution in [1.29, 1.82) is 0 Å². The molecule has 0 spiro atoms. The number of carbonyl (C=O) groups excluding carboxylic acids is 2. The molecule has 158 valence electrons. The molecule has 2 amide bonds. The van der Waals surface area contributed by atoms with Crippen LogP contribution in [0.4, 0.5) is 5.69 Å². The highest BCUT2D eigenvalue weighted by Crippen LogP contribution is 2.33. The Bertz CT molecular complexity index is 1290. The van der Waals surface area contributed by atoms with Gasteiger partial charge >= 0.3 is 0 Å². The maximum atomic E-state index is 13.2. The Morgan fingerprint density at radius 3 is 2.47 bits per heavy atom. The number of hydrogen-bond acceptors (Lipinski definition) is 6. The number of benzene rings is 3. The van der Waals surface area contributed by atoms with Crippen LogP contribution < -0.4 is 0 Å². The molecule has 0 saturated heterocycles. The van der Waals surface area contributed by atoms with Gasteiger partial charge in [-0.25, -0.2) is 0 Å². The normalized spacial score (nSPS) is 14.9. The quantitative estimate of drug-likeness (QED) is 0.224. The van der Waals surface area contributed by atoms with Gasteiger partial charge in [0.1, 0.15) is 5.04 Å². The number of thioether (sulfide) groups is 1. The summed E-state index contributed by atoms with van der Waals surface area (Å²) in [4.78, 5) is 37.1. The van der Waals surface area contributed by atoms with E-state index in [0.29, 0.717) is 16.2 Å². The fourth-order valence-corrected chi connectivity index (χ4v) is 4.13. The zero-order chi connectivity index (χ0) is 22.7. The Hall–Kier alpha value is -3.75. The van der Waals surface area contributed by atoms with Crippen LogP contribution >= 0.6 is 23.4 Å². The third kappa shape index (κ3) is 4.46. The zero-order valence-corrected chi connectivity index (χ0v) is 17.9. The Balaban J connectivity index is 1.79. The topological polar surface area (TPSA) is 92.9 Å². The highest BCUT2D eigenvalue weighted by atomic mass is 35.5. The minimum atomic E-state index is -0.667. The third-order valence-corrected chi connectivity index (χ3v) is 5.85. The first-order valence-corrected chi connectivity index (χ1v) is 10.5. The van der Waals surface area contributed by atoms with Gasteiger partial charge in [0.25, 0.3) is 17.5 Å². The molecule has 1 aliphatic heterocycles. The van der Waals surface area contributed by atoms with Crippen LogP contribution in [-0.2, 0) is 4.79 Å². The van der Waals surface area contributed by atoms with Gasteiger partial charge < -0.3 is 0 Å². The van der Waals surface area contributed by atoms with Crippen LogP contribution in [0.3, 0.4) is 0 Å². The molecule has 0 bridgehead atoms. The Morgan fingerprint density at radius 2 is 1.75 bits per heavy atom. The number of halogens is 1. The van der Waals surface area contributed by atoms with Gasteiger partial charge in [0.15, 0.2) is 0 Å². The monoisotopic (exact) mass is 463 g/mol. The first-order chi connectivity index (χ1) is 15.4. The summed E-state index contributed by atoms with van der Waals surface area (Å²) in [6.45, 7) is 0. The van der Waals surface area contributed by atoms with E-state index in [4.69, 9.17) is 11.6 Å². The molecule has 1 heterocycles. The van der Waals surface area contributed by atoms with E-state index < -0.39 is 16.7 Å². The van der Waals surface area contributed by atoms with Gasteiger partial charge in [-0.2, -0.15) is 10.1 Å². The third-order valence-electron chi connectivity index (χ3n) is 4.50. The molecule has 1 aliphatic rings. The van der Waals surface area contributed by atoms with E-state index in [2.05, 4.69) is 5.10 Å². The second-order valence-corrected chi connectivity index (χ2v) is 8.07. The molecule has 0 N–H and O–H groups in total. The summed E-state index contributed by atoms with van der Waals surface area (Å²) in [6, 6.07) is 21.4. The fourth-order valence-electron chi connectivity index (χ4n) is 2.96. The first kappa shape index (κ1) is 21.5. The second kappa shape index (κ2) is 9.17. The van der Waals surface area contributed by atoms with Gasteiger partial charge in [0.05, 0.1) is 20.4 Å². The van der Waals surface area contributed by atoms with Crippen LogP contribution in [-0.4, -0.2) is 26.8 Å². The molecule has 0 unspecified atom stereocenters. The van der Waals surface area contributed by atoms with E-state index in [1.54, 1.807) is 24.3 Å². The Labute approximate surface area is 192 Å². The lowest BCUT2D eigenvalue weighted by atomic mass is 10.1. The van der Waals surface area contributed by atoms with E-state index >= 15 is 0 Å². The van der Waals surface area contributed by atoms with Crippen molar-refractivity contribution in [2.75, 3.05) is 0 Å². The number of nitrogens with zero attached hydrogens (tertiary/aromatic N) is 3. The van der Waals surface area contributed by atoms with E-state index in [9.17, 15) is 19.7 Å². The minimum Gasteiger partial charge on any atom is -0.267 e. The van der Waals surface area contributed by atoms with Gasteiger partial charge in [0, 0.05) is 17.7 Å². The molecule has 3 aromatic carbocycles. The van der Waals surface area contributed by atoms with Gasteiger partial charge in [-0.3, -0.25) is 19.7 Å². The Morgan fingerprint density at radius 1 is 1.03 bits per heavy atom. The highest BCUT2D eigenvalue weighted by molar-refractivity contribution is 8.18. The van der Waals surface area contributed by atoms with Crippen molar-refractivity contribution in [2.45, 2.75) is 0 Å². The summed E-state index contributed by atoms with van der Waals surface area (Å²) in [6.07, 6.45) is 1.50. The number of nitro benzene ring substituents is 1. The number of hydrogen-bond donors (Lipinski definition) is 0. The molecule has 0 atom stereocenters. The van der Waals surface area contributed by atoms with Crippen molar-refractivity contribution in [3.05, 3.63) is 116 Å². The predicted octanol–water partition coefficient (Wildman–Crippen LogP) is 5.37. The number of amides is 2. The SMILES string of the molecule is O=C1/C(=C/c2cccc([N+](=O)[O-])c2)SC(c2ccccc2)=NN1C(=O)c1ccccc1Cl. The molecule has 3 aromatic rings. The van der Waals surface area contributed by atoms with Crippen LogP contribution in [0.25, 0.3) is 6.08 Å². The molecule has 0 aromatic heterocycles. The molecule has 4 rings (SSSR count). The van der Waals surface area contributed by atoms with Crippen molar-refractivity contribution in [2.24, 2.45) is 5.10 Å². The van der Waals surface area contributed by atoms with Gasteiger partial charge in [-0.15, -0.1) is 0 Å². The van der Waals surface area contributed by atoms with Crippen LogP contribution in [0.2, 0.25) is 5.02 Å². The maximum absolute atomic E-state index is 13.2. The molecular formula is C23H14ClN3O4S. The van der Waals surface area contributed by atoms with Crippen molar-refractivity contribution in [1.82, 2.24) is 5.01 Å². The minimum absolute atomic E-state index is 0.103. The van der Waals surface area contributed by atoms with Crippen molar-refractivity contribution < 1.29 is 14.5 Å². The van der Waals surface area contributed by atoms with Gasteiger partial charge in [-0.05, 0) is 23.8 Å². The lowest BCUT2D eigenvalue weighted by molar-refractivity contribution is -0.384. The predicted molar refractivity (Wildman–Crippen MR) is 124 cm³/mol. The molecule has 0 saturated carbocycles. The van der Waals surface area contributed by atoms with Crippen LogP contribution in [0.1, 0.15) is 21.5 Å². The number of imide groups is 1. The number of carbonyl (C=O) groups is 2. The molecular weight excluding hydrogens is 450 g/mol. The average Bonchev–Trinajstić information content (AvgIpc) is 2.81. The van der Waals surface area contributed by atoms with Crippen LogP contribution in [0, 0.1) is 10.1 Å². The van der Waals surface area contributed by atoms with Crippen molar-refractivity contribution >= 4 is 52.0 Å². The molecule has 7 nitrogen and oxygen atoms in total. The Kier molecular flexibility index (Phi) is 6.16. The smallest absolute Gasteiger partial charge is 0.267 e. The zero-order valence-electron chi connectivity index (χ0n) is 16.3.